The maximum atomic E-state index is 12.9. The molecule has 0 atom stereocenters. The average molecular weight is 425 g/mol. The number of hydrogen-bond donors (Lipinski definition) is 2. The number of carbonyl (C=O) groups excluding carboxylic acids is 1. The molecule has 0 saturated carbocycles. The van der Waals surface area contributed by atoms with Crippen LogP contribution in [-0.2, 0) is 13.1 Å². The van der Waals surface area contributed by atoms with Gasteiger partial charge in [0.05, 0.1) is 22.1 Å². The lowest BCUT2D eigenvalue weighted by atomic mass is 10.1. The molecule has 29 heavy (non-hydrogen) atoms. The van der Waals surface area contributed by atoms with Gasteiger partial charge in [0.15, 0.2) is 0 Å². The third-order valence-corrected chi connectivity index (χ3v) is 5.34. The number of amides is 1. The molecule has 0 bridgehead atoms. The van der Waals surface area contributed by atoms with Crippen molar-refractivity contribution in [3.8, 4) is 17.6 Å². The van der Waals surface area contributed by atoms with Gasteiger partial charge in [-0.3, -0.25) is 4.79 Å². The van der Waals surface area contributed by atoms with Gasteiger partial charge in [-0.25, -0.2) is 0 Å². The van der Waals surface area contributed by atoms with Gasteiger partial charge >= 0.3 is 0 Å². The molecule has 1 amide bonds. The summed E-state index contributed by atoms with van der Waals surface area (Å²) in [5, 5.41) is 13.3. The van der Waals surface area contributed by atoms with E-state index in [4.69, 9.17) is 33.7 Å². The van der Waals surface area contributed by atoms with Crippen LogP contribution < -0.4 is 10.1 Å². The quantitative estimate of drug-likeness (QED) is 0.497. The largest absolute Gasteiger partial charge is 0.489 e. The van der Waals surface area contributed by atoms with Crippen molar-refractivity contribution in [2.45, 2.75) is 13.1 Å². The van der Waals surface area contributed by atoms with Gasteiger partial charge in [0.2, 0.25) is 0 Å². The number of aliphatic hydroxyl groups excluding tert-OH is 1. The first-order valence-corrected chi connectivity index (χ1v) is 9.82. The lowest BCUT2D eigenvalue weighted by molar-refractivity contribution is 0.0949. The third kappa shape index (κ3) is 3.99. The summed E-state index contributed by atoms with van der Waals surface area (Å²) in [5.41, 5.74) is 2.91. The van der Waals surface area contributed by atoms with Crippen LogP contribution in [0.3, 0.4) is 0 Å². The van der Waals surface area contributed by atoms with Gasteiger partial charge in [-0.1, -0.05) is 47.8 Å². The van der Waals surface area contributed by atoms with Gasteiger partial charge in [-0.05, 0) is 29.8 Å². The molecule has 2 heterocycles. The molecular weight excluding hydrogens is 408 g/mol. The molecule has 146 valence electrons. The summed E-state index contributed by atoms with van der Waals surface area (Å²) in [6.45, 7) is 1.26. The number of nitrogens with zero attached hydrogens (tertiary/aromatic N) is 1. The number of nitrogens with one attached hydrogen (secondary N) is 1. The van der Waals surface area contributed by atoms with Crippen LogP contribution in [0.5, 0.6) is 5.75 Å². The van der Waals surface area contributed by atoms with E-state index in [1.165, 1.54) is 0 Å². The fourth-order valence-electron chi connectivity index (χ4n) is 3.30. The Morgan fingerprint density at radius 2 is 2.10 bits per heavy atom. The van der Waals surface area contributed by atoms with E-state index in [0.717, 1.165) is 16.5 Å². The Balaban J connectivity index is 1.73. The molecule has 1 aliphatic rings. The minimum absolute atomic E-state index is 0.234. The second-order valence-electron chi connectivity index (χ2n) is 6.55. The Hall–Kier alpha value is -2.85. The zero-order valence-corrected chi connectivity index (χ0v) is 16.9. The van der Waals surface area contributed by atoms with E-state index < -0.39 is 0 Å². The molecule has 0 aliphatic carbocycles. The fourth-order valence-corrected chi connectivity index (χ4v) is 3.72. The summed E-state index contributed by atoms with van der Waals surface area (Å²) in [7, 11) is 0. The summed E-state index contributed by atoms with van der Waals surface area (Å²) in [6.07, 6.45) is 1.78. The van der Waals surface area contributed by atoms with E-state index >= 15 is 0 Å². The zero-order chi connectivity index (χ0) is 20.4. The first-order valence-electron chi connectivity index (χ1n) is 9.03. The van der Waals surface area contributed by atoms with Crippen molar-refractivity contribution < 1.29 is 14.6 Å². The second kappa shape index (κ2) is 8.26. The molecule has 7 heteroatoms. The Bertz CT molecular complexity index is 1220. The lowest BCUT2D eigenvalue weighted by Gasteiger charge is -2.22. The first-order chi connectivity index (χ1) is 14.1. The smallest absolute Gasteiger partial charge is 0.254 e. The van der Waals surface area contributed by atoms with Crippen molar-refractivity contribution in [1.29, 1.82) is 0 Å². The SMILES string of the molecule is O=C(NCc1ccc(Cl)cc1)c1cn2c3c(cc(C#CCO)cc3c1=S)OCC2. The number of ether oxygens (including phenoxy) is 1. The van der Waals surface area contributed by atoms with Gasteiger partial charge in [0, 0.05) is 28.7 Å². The van der Waals surface area contributed by atoms with Crippen molar-refractivity contribution >= 4 is 40.6 Å². The van der Waals surface area contributed by atoms with Gasteiger partial charge in [0.25, 0.3) is 5.91 Å². The van der Waals surface area contributed by atoms with Crippen molar-refractivity contribution in [3.63, 3.8) is 0 Å². The van der Waals surface area contributed by atoms with Crippen LogP contribution in [0.1, 0.15) is 21.5 Å². The highest BCUT2D eigenvalue weighted by atomic mass is 35.5. The molecule has 2 aromatic carbocycles. The van der Waals surface area contributed by atoms with Crippen molar-refractivity contribution in [1.82, 2.24) is 9.88 Å². The van der Waals surface area contributed by atoms with E-state index in [-0.39, 0.29) is 12.5 Å². The first kappa shape index (κ1) is 19.5. The minimum atomic E-state index is -0.240. The zero-order valence-electron chi connectivity index (χ0n) is 15.4. The molecule has 3 aromatic rings. The van der Waals surface area contributed by atoms with E-state index in [2.05, 4.69) is 17.2 Å². The second-order valence-corrected chi connectivity index (χ2v) is 7.40. The molecule has 1 aromatic heterocycles. The van der Waals surface area contributed by atoms with Crippen molar-refractivity contribution in [2.75, 3.05) is 13.2 Å². The summed E-state index contributed by atoms with van der Waals surface area (Å²) in [6, 6.07) is 11.0. The molecule has 0 saturated heterocycles. The minimum Gasteiger partial charge on any atom is -0.489 e. The lowest BCUT2D eigenvalue weighted by Crippen LogP contribution is -2.25. The molecule has 1 aliphatic heterocycles. The standard InChI is InChI=1S/C22H17ClN2O3S/c23-16-5-3-14(4-6-16)12-24-22(27)18-13-25-7-9-28-19-11-15(2-1-8-26)10-17(20(19)25)21(18)29/h3-6,10-11,13,26H,7-9,12H2,(H,24,27). The molecule has 0 unspecified atom stereocenters. The maximum absolute atomic E-state index is 12.9. The number of carbonyl (C=O) groups is 1. The van der Waals surface area contributed by atoms with Crippen LogP contribution in [0.25, 0.3) is 10.9 Å². The van der Waals surface area contributed by atoms with Gasteiger partial charge in [0.1, 0.15) is 19.0 Å². The molecule has 4 rings (SSSR count). The van der Waals surface area contributed by atoms with Crippen molar-refractivity contribution in [3.05, 3.63) is 68.8 Å². The molecule has 5 nitrogen and oxygen atoms in total. The molecule has 0 spiro atoms. The van der Waals surface area contributed by atoms with E-state index in [1.807, 2.05) is 28.8 Å². The van der Waals surface area contributed by atoms with Crippen LogP contribution in [0, 0.1) is 16.4 Å². The molecule has 0 radical (unpaired) electrons. The Kier molecular flexibility index (Phi) is 5.54. The van der Waals surface area contributed by atoms with Crippen LogP contribution in [-0.4, -0.2) is 28.8 Å². The number of halogens is 1. The number of pyridine rings is 1. The van der Waals surface area contributed by atoms with Crippen LogP contribution in [0.4, 0.5) is 0 Å². The fraction of sp³-hybridized carbons (Fsp3) is 0.182. The molecule has 2 N–H and O–H groups in total. The number of hydrogen-bond acceptors (Lipinski definition) is 4. The predicted molar refractivity (Wildman–Crippen MR) is 115 cm³/mol. The van der Waals surface area contributed by atoms with Crippen LogP contribution in [0.15, 0.2) is 42.6 Å². The average Bonchev–Trinajstić information content (AvgIpc) is 2.74. The predicted octanol–water partition coefficient (Wildman–Crippen LogP) is 3.69. The Morgan fingerprint density at radius 1 is 1.31 bits per heavy atom. The third-order valence-electron chi connectivity index (χ3n) is 4.65. The van der Waals surface area contributed by atoms with Gasteiger partial charge in [-0.15, -0.1) is 0 Å². The van der Waals surface area contributed by atoms with Gasteiger partial charge < -0.3 is 19.7 Å². The van der Waals surface area contributed by atoms with E-state index in [1.54, 1.807) is 18.3 Å². The number of aromatic nitrogens is 1. The van der Waals surface area contributed by atoms with E-state index in [9.17, 15) is 4.79 Å². The summed E-state index contributed by atoms with van der Waals surface area (Å²) < 4.78 is 8.22. The van der Waals surface area contributed by atoms with Crippen LogP contribution >= 0.6 is 23.8 Å². The molecule has 0 fully saturated rings. The number of rotatable bonds is 3. The highest BCUT2D eigenvalue weighted by Gasteiger charge is 2.19. The Labute approximate surface area is 177 Å². The number of benzene rings is 2. The summed E-state index contributed by atoms with van der Waals surface area (Å²) >= 11 is 11.5. The molecular formula is C22H17ClN2O3S. The van der Waals surface area contributed by atoms with E-state index in [0.29, 0.717) is 46.1 Å². The Morgan fingerprint density at radius 3 is 2.86 bits per heavy atom. The maximum Gasteiger partial charge on any atom is 0.254 e. The van der Waals surface area contributed by atoms with Crippen molar-refractivity contribution in [2.24, 2.45) is 0 Å². The topological polar surface area (TPSA) is 63.5 Å². The highest BCUT2D eigenvalue weighted by molar-refractivity contribution is 7.71. The normalized spacial score (nSPS) is 12.1. The monoisotopic (exact) mass is 424 g/mol. The summed E-state index contributed by atoms with van der Waals surface area (Å²) in [5.74, 6) is 5.95. The van der Waals surface area contributed by atoms with Gasteiger partial charge in [-0.2, -0.15) is 0 Å². The van der Waals surface area contributed by atoms with Crippen LogP contribution in [0.2, 0.25) is 5.02 Å². The number of aliphatic hydroxyl groups is 1. The highest BCUT2D eigenvalue weighted by Crippen LogP contribution is 2.32. The summed E-state index contributed by atoms with van der Waals surface area (Å²) in [4.78, 5) is 12.9.